The molecule has 0 amide bonds. The number of aliphatic hydroxyl groups is 1. The molecule has 0 bridgehead atoms. The Morgan fingerprint density at radius 1 is 1.09 bits per heavy atom. The normalized spacial score (nSPS) is 14.4. The summed E-state index contributed by atoms with van der Waals surface area (Å²) in [6.45, 7) is 3.47. The molecule has 5 heteroatoms. The lowest BCUT2D eigenvalue weighted by atomic mass is 9.97. The lowest BCUT2D eigenvalue weighted by Gasteiger charge is -2.23. The van der Waals surface area contributed by atoms with Gasteiger partial charge in [0.1, 0.15) is 0 Å². The minimum absolute atomic E-state index is 0.0177. The molecule has 0 spiro atoms. The van der Waals surface area contributed by atoms with Crippen molar-refractivity contribution in [3.8, 4) is 0 Å². The van der Waals surface area contributed by atoms with E-state index in [1.807, 2.05) is 43.3 Å². The number of sulfonamides is 1. The number of hydrogen-bond donors (Lipinski definition) is 2. The van der Waals surface area contributed by atoms with Crippen LogP contribution in [0.4, 0.5) is 0 Å². The summed E-state index contributed by atoms with van der Waals surface area (Å²) in [5.74, 6) is 0. The lowest BCUT2D eigenvalue weighted by Crippen LogP contribution is -2.40. The molecular weight excluding hydrogens is 310 g/mol. The molecule has 0 saturated heterocycles. The van der Waals surface area contributed by atoms with Crippen LogP contribution in [0.1, 0.15) is 24.5 Å². The standard InChI is InChI=1S/C18H23NO3S/c1-15-7-6-10-17(13-15)23(21,22)19-14-18(2,20)12-11-16-8-4-3-5-9-16/h3-10,13,19-20H,11-12,14H2,1-2H3. The zero-order valence-electron chi connectivity index (χ0n) is 13.5. The Hall–Kier alpha value is -1.69. The summed E-state index contributed by atoms with van der Waals surface area (Å²) in [5, 5.41) is 10.4. The molecule has 0 heterocycles. The van der Waals surface area contributed by atoms with Gasteiger partial charge in [0.25, 0.3) is 0 Å². The Morgan fingerprint density at radius 2 is 1.78 bits per heavy atom. The quantitative estimate of drug-likeness (QED) is 0.818. The summed E-state index contributed by atoms with van der Waals surface area (Å²) in [6, 6.07) is 16.5. The van der Waals surface area contributed by atoms with Crippen LogP contribution in [0.15, 0.2) is 59.5 Å². The fourth-order valence-corrected chi connectivity index (χ4v) is 3.53. The summed E-state index contributed by atoms with van der Waals surface area (Å²) < 4.78 is 27.1. The molecule has 23 heavy (non-hydrogen) atoms. The van der Waals surface area contributed by atoms with Gasteiger partial charge in [-0.25, -0.2) is 13.1 Å². The van der Waals surface area contributed by atoms with Crippen molar-refractivity contribution in [2.24, 2.45) is 0 Å². The predicted octanol–water partition coefficient (Wildman–Crippen LogP) is 2.66. The van der Waals surface area contributed by atoms with Gasteiger partial charge in [0.05, 0.1) is 10.5 Å². The highest BCUT2D eigenvalue weighted by molar-refractivity contribution is 7.89. The average Bonchev–Trinajstić information content (AvgIpc) is 2.53. The molecule has 1 unspecified atom stereocenters. The van der Waals surface area contributed by atoms with Crippen LogP contribution < -0.4 is 4.72 Å². The summed E-state index contributed by atoms with van der Waals surface area (Å²) in [6.07, 6.45) is 1.17. The van der Waals surface area contributed by atoms with Crippen LogP contribution in [0.25, 0.3) is 0 Å². The second kappa shape index (κ2) is 7.25. The second-order valence-corrected chi connectivity index (χ2v) is 7.89. The van der Waals surface area contributed by atoms with Gasteiger partial charge in [0.15, 0.2) is 0 Å². The first-order valence-corrected chi connectivity index (χ1v) is 9.09. The van der Waals surface area contributed by atoms with E-state index in [1.54, 1.807) is 25.1 Å². The van der Waals surface area contributed by atoms with E-state index < -0.39 is 15.6 Å². The average molecular weight is 333 g/mol. The van der Waals surface area contributed by atoms with Crippen LogP contribution in [-0.2, 0) is 16.4 Å². The third-order valence-electron chi connectivity index (χ3n) is 3.74. The van der Waals surface area contributed by atoms with Gasteiger partial charge in [-0.15, -0.1) is 0 Å². The van der Waals surface area contributed by atoms with Crippen molar-refractivity contribution in [3.63, 3.8) is 0 Å². The third-order valence-corrected chi connectivity index (χ3v) is 5.14. The molecule has 0 aliphatic rings. The highest BCUT2D eigenvalue weighted by Gasteiger charge is 2.24. The van der Waals surface area contributed by atoms with Crippen LogP contribution in [-0.4, -0.2) is 25.7 Å². The highest BCUT2D eigenvalue weighted by Crippen LogP contribution is 2.16. The Bertz CT molecular complexity index is 740. The maximum Gasteiger partial charge on any atom is 0.240 e. The molecule has 0 aliphatic carbocycles. The van der Waals surface area contributed by atoms with Crippen LogP contribution in [0.2, 0.25) is 0 Å². The summed E-state index contributed by atoms with van der Waals surface area (Å²) >= 11 is 0. The first-order valence-electron chi connectivity index (χ1n) is 7.61. The summed E-state index contributed by atoms with van der Waals surface area (Å²) in [5.41, 5.74) is 0.894. The van der Waals surface area contributed by atoms with Gasteiger partial charge < -0.3 is 5.11 Å². The van der Waals surface area contributed by atoms with Crippen molar-refractivity contribution in [2.45, 2.75) is 37.2 Å². The van der Waals surface area contributed by atoms with Crippen molar-refractivity contribution in [1.29, 1.82) is 0 Å². The van der Waals surface area contributed by atoms with Crippen LogP contribution >= 0.6 is 0 Å². The molecule has 0 saturated carbocycles. The molecule has 2 rings (SSSR count). The number of hydrogen-bond acceptors (Lipinski definition) is 3. The van der Waals surface area contributed by atoms with E-state index in [0.29, 0.717) is 12.8 Å². The van der Waals surface area contributed by atoms with E-state index in [4.69, 9.17) is 0 Å². The molecule has 124 valence electrons. The highest BCUT2D eigenvalue weighted by atomic mass is 32.2. The van der Waals surface area contributed by atoms with Crippen LogP contribution in [0, 0.1) is 6.92 Å². The minimum Gasteiger partial charge on any atom is -0.389 e. The van der Waals surface area contributed by atoms with Crippen molar-refractivity contribution >= 4 is 10.0 Å². The van der Waals surface area contributed by atoms with Crippen molar-refractivity contribution < 1.29 is 13.5 Å². The zero-order chi connectivity index (χ0) is 16.9. The fourth-order valence-electron chi connectivity index (χ4n) is 2.26. The Kier molecular flexibility index (Phi) is 5.57. The van der Waals surface area contributed by atoms with Crippen molar-refractivity contribution in [3.05, 3.63) is 65.7 Å². The van der Waals surface area contributed by atoms with Gasteiger partial charge in [-0.1, -0.05) is 42.5 Å². The molecule has 0 aromatic heterocycles. The molecule has 2 N–H and O–H groups in total. The van der Waals surface area contributed by atoms with Gasteiger partial charge in [-0.05, 0) is 49.9 Å². The minimum atomic E-state index is -3.61. The van der Waals surface area contributed by atoms with E-state index in [-0.39, 0.29) is 11.4 Å². The topological polar surface area (TPSA) is 66.4 Å². The maximum atomic E-state index is 12.3. The molecule has 2 aromatic rings. The molecule has 1 atom stereocenters. The van der Waals surface area contributed by atoms with Gasteiger partial charge >= 0.3 is 0 Å². The largest absolute Gasteiger partial charge is 0.389 e. The van der Waals surface area contributed by atoms with Gasteiger partial charge in [-0.2, -0.15) is 0 Å². The van der Waals surface area contributed by atoms with Gasteiger partial charge in [0.2, 0.25) is 10.0 Å². The van der Waals surface area contributed by atoms with E-state index in [9.17, 15) is 13.5 Å². The summed E-state index contributed by atoms with van der Waals surface area (Å²) in [4.78, 5) is 0.219. The summed E-state index contributed by atoms with van der Waals surface area (Å²) in [7, 11) is -3.61. The van der Waals surface area contributed by atoms with Crippen LogP contribution in [0.5, 0.6) is 0 Å². The molecular formula is C18H23NO3S. The molecule has 0 fully saturated rings. The van der Waals surface area contributed by atoms with E-state index in [1.165, 1.54) is 0 Å². The van der Waals surface area contributed by atoms with Crippen molar-refractivity contribution in [2.75, 3.05) is 6.54 Å². The van der Waals surface area contributed by atoms with Crippen molar-refractivity contribution in [1.82, 2.24) is 4.72 Å². The first kappa shape index (κ1) is 17.7. The molecule has 4 nitrogen and oxygen atoms in total. The number of aryl methyl sites for hydroxylation is 2. The predicted molar refractivity (Wildman–Crippen MR) is 91.8 cm³/mol. The first-order chi connectivity index (χ1) is 10.8. The fraction of sp³-hybridized carbons (Fsp3) is 0.333. The van der Waals surface area contributed by atoms with Gasteiger partial charge in [-0.3, -0.25) is 0 Å². The van der Waals surface area contributed by atoms with E-state index in [2.05, 4.69) is 4.72 Å². The zero-order valence-corrected chi connectivity index (χ0v) is 14.3. The molecule has 0 radical (unpaired) electrons. The maximum absolute atomic E-state index is 12.3. The lowest BCUT2D eigenvalue weighted by molar-refractivity contribution is 0.0565. The van der Waals surface area contributed by atoms with Crippen LogP contribution in [0.3, 0.4) is 0 Å². The van der Waals surface area contributed by atoms with Gasteiger partial charge in [0, 0.05) is 6.54 Å². The monoisotopic (exact) mass is 333 g/mol. The number of nitrogens with one attached hydrogen (secondary N) is 1. The molecule has 0 aliphatic heterocycles. The Morgan fingerprint density at radius 3 is 2.43 bits per heavy atom. The Balaban J connectivity index is 1.95. The molecule has 2 aromatic carbocycles. The third kappa shape index (κ3) is 5.46. The van der Waals surface area contributed by atoms with E-state index >= 15 is 0 Å². The number of benzene rings is 2. The van der Waals surface area contributed by atoms with E-state index in [0.717, 1.165) is 11.1 Å². The Labute approximate surface area is 138 Å². The second-order valence-electron chi connectivity index (χ2n) is 6.12. The SMILES string of the molecule is Cc1cccc(S(=O)(=O)NCC(C)(O)CCc2ccccc2)c1. The number of rotatable bonds is 7. The smallest absolute Gasteiger partial charge is 0.240 e.